The predicted octanol–water partition coefficient (Wildman–Crippen LogP) is 2.46. The van der Waals surface area contributed by atoms with Crippen molar-refractivity contribution in [2.45, 2.75) is 13.5 Å². The molecular formula is C12H21ClN2OS. The molecule has 0 amide bonds. The van der Waals surface area contributed by atoms with Gasteiger partial charge in [0.15, 0.2) is 0 Å². The first-order chi connectivity index (χ1) is 8.26. The van der Waals surface area contributed by atoms with Crippen molar-refractivity contribution in [3.8, 4) is 0 Å². The minimum absolute atomic E-state index is 0.800. The molecule has 17 heavy (non-hydrogen) atoms. The lowest BCUT2D eigenvalue weighted by atomic mass is 10.4. The van der Waals surface area contributed by atoms with Gasteiger partial charge in [-0.15, -0.1) is 11.3 Å². The molecule has 0 aliphatic carbocycles. The minimum Gasteiger partial charge on any atom is -0.383 e. The smallest absolute Gasteiger partial charge is 0.0931 e. The second-order valence-corrected chi connectivity index (χ2v) is 5.61. The van der Waals surface area contributed by atoms with E-state index in [4.69, 9.17) is 16.3 Å². The summed E-state index contributed by atoms with van der Waals surface area (Å²) in [6.07, 6.45) is 0. The van der Waals surface area contributed by atoms with E-state index in [1.807, 2.05) is 6.07 Å². The maximum absolute atomic E-state index is 5.87. The maximum Gasteiger partial charge on any atom is 0.0931 e. The number of nitrogens with zero attached hydrogens (tertiary/aromatic N) is 1. The van der Waals surface area contributed by atoms with Crippen LogP contribution in [0.1, 0.15) is 11.8 Å². The monoisotopic (exact) mass is 276 g/mol. The molecule has 0 bridgehead atoms. The fourth-order valence-corrected chi connectivity index (χ4v) is 2.60. The summed E-state index contributed by atoms with van der Waals surface area (Å²) in [4.78, 5) is 3.66. The van der Waals surface area contributed by atoms with Gasteiger partial charge >= 0.3 is 0 Å². The van der Waals surface area contributed by atoms with E-state index in [2.05, 4.69) is 23.2 Å². The van der Waals surface area contributed by atoms with E-state index in [0.717, 1.165) is 43.7 Å². The molecule has 1 aromatic rings. The molecule has 3 nitrogen and oxygen atoms in total. The van der Waals surface area contributed by atoms with Crippen molar-refractivity contribution in [2.24, 2.45) is 0 Å². The van der Waals surface area contributed by atoms with Crippen molar-refractivity contribution in [1.82, 2.24) is 10.2 Å². The van der Waals surface area contributed by atoms with E-state index in [1.165, 1.54) is 4.88 Å². The van der Waals surface area contributed by atoms with Crippen LogP contribution in [-0.4, -0.2) is 44.8 Å². The van der Waals surface area contributed by atoms with Crippen LogP contribution in [-0.2, 0) is 11.3 Å². The average Bonchev–Trinajstić information content (AvgIpc) is 2.74. The van der Waals surface area contributed by atoms with E-state index in [9.17, 15) is 0 Å². The Kier molecular flexibility index (Phi) is 7.81. The molecule has 0 unspecified atom stereocenters. The molecule has 0 spiro atoms. The Morgan fingerprint density at radius 2 is 2.24 bits per heavy atom. The molecule has 0 saturated heterocycles. The van der Waals surface area contributed by atoms with Crippen LogP contribution >= 0.6 is 22.9 Å². The first-order valence-electron chi connectivity index (χ1n) is 5.92. The quantitative estimate of drug-likeness (QED) is 0.701. The highest BCUT2D eigenvalue weighted by molar-refractivity contribution is 7.16. The average molecular weight is 277 g/mol. The normalized spacial score (nSPS) is 11.3. The molecule has 1 N–H and O–H groups in total. The van der Waals surface area contributed by atoms with Gasteiger partial charge in [0.2, 0.25) is 0 Å². The SMILES string of the molecule is CCN(CCNCc1ccc(Cl)s1)CCOC. The zero-order valence-electron chi connectivity index (χ0n) is 10.5. The molecule has 1 rings (SSSR count). The lowest BCUT2D eigenvalue weighted by molar-refractivity contribution is 0.151. The van der Waals surface area contributed by atoms with Crippen molar-refractivity contribution in [3.63, 3.8) is 0 Å². The van der Waals surface area contributed by atoms with Crippen LogP contribution in [0.25, 0.3) is 0 Å². The number of halogens is 1. The van der Waals surface area contributed by atoms with Crippen molar-refractivity contribution >= 4 is 22.9 Å². The van der Waals surface area contributed by atoms with Crippen LogP contribution in [0.15, 0.2) is 12.1 Å². The molecule has 0 atom stereocenters. The van der Waals surface area contributed by atoms with E-state index in [1.54, 1.807) is 18.4 Å². The van der Waals surface area contributed by atoms with Gasteiger partial charge in [-0.3, -0.25) is 0 Å². The number of likely N-dealkylation sites (N-methyl/N-ethyl adjacent to an activating group) is 1. The van der Waals surface area contributed by atoms with E-state index >= 15 is 0 Å². The Bertz CT molecular complexity index is 306. The van der Waals surface area contributed by atoms with Crippen molar-refractivity contribution in [3.05, 3.63) is 21.3 Å². The summed E-state index contributed by atoms with van der Waals surface area (Å²) in [5.41, 5.74) is 0. The van der Waals surface area contributed by atoms with Crippen LogP contribution in [0.4, 0.5) is 0 Å². The van der Waals surface area contributed by atoms with Gasteiger partial charge in [0, 0.05) is 38.2 Å². The van der Waals surface area contributed by atoms with Gasteiger partial charge in [0.25, 0.3) is 0 Å². The van der Waals surface area contributed by atoms with Crippen LogP contribution < -0.4 is 5.32 Å². The molecule has 5 heteroatoms. The standard InChI is InChI=1S/C12H21ClN2OS/c1-3-15(8-9-16-2)7-6-14-10-11-4-5-12(13)17-11/h4-5,14H,3,6-10H2,1-2H3. The molecule has 98 valence electrons. The molecule has 1 aromatic heterocycles. The number of methoxy groups -OCH3 is 1. The molecule has 0 aromatic carbocycles. The molecular weight excluding hydrogens is 256 g/mol. The lowest BCUT2D eigenvalue weighted by Crippen LogP contribution is -2.34. The van der Waals surface area contributed by atoms with E-state index in [-0.39, 0.29) is 0 Å². The summed E-state index contributed by atoms with van der Waals surface area (Å²) in [5, 5.41) is 3.43. The first kappa shape index (κ1) is 14.9. The summed E-state index contributed by atoms with van der Waals surface area (Å²) in [5.74, 6) is 0. The molecule has 0 aliphatic heterocycles. The van der Waals surface area contributed by atoms with Crippen LogP contribution in [0.3, 0.4) is 0 Å². The third kappa shape index (κ3) is 6.38. The molecule has 1 heterocycles. The van der Waals surface area contributed by atoms with Crippen LogP contribution in [0.2, 0.25) is 4.34 Å². The van der Waals surface area contributed by atoms with Gasteiger partial charge in [0.05, 0.1) is 10.9 Å². The van der Waals surface area contributed by atoms with Crippen LogP contribution in [0.5, 0.6) is 0 Å². The first-order valence-corrected chi connectivity index (χ1v) is 7.12. The summed E-state index contributed by atoms with van der Waals surface area (Å²) in [7, 11) is 1.74. The van der Waals surface area contributed by atoms with Crippen molar-refractivity contribution in [1.29, 1.82) is 0 Å². The number of ether oxygens (including phenoxy) is 1. The Morgan fingerprint density at radius 3 is 2.82 bits per heavy atom. The Hall–Kier alpha value is -0.130. The summed E-state index contributed by atoms with van der Waals surface area (Å²) < 4.78 is 5.94. The number of rotatable bonds is 9. The molecule has 0 radical (unpaired) electrons. The van der Waals surface area contributed by atoms with Crippen molar-refractivity contribution < 1.29 is 4.74 Å². The summed E-state index contributed by atoms with van der Waals surface area (Å²) in [6, 6.07) is 4.02. The number of hydrogen-bond acceptors (Lipinski definition) is 4. The number of hydrogen-bond donors (Lipinski definition) is 1. The zero-order valence-corrected chi connectivity index (χ0v) is 12.1. The largest absolute Gasteiger partial charge is 0.383 e. The Morgan fingerprint density at radius 1 is 1.41 bits per heavy atom. The fourth-order valence-electron chi connectivity index (χ4n) is 1.54. The van der Waals surface area contributed by atoms with Gasteiger partial charge in [0.1, 0.15) is 0 Å². The zero-order chi connectivity index (χ0) is 12.5. The van der Waals surface area contributed by atoms with Crippen molar-refractivity contribution in [2.75, 3.05) is 39.9 Å². The summed E-state index contributed by atoms with van der Waals surface area (Å²) in [6.45, 7) is 7.99. The van der Waals surface area contributed by atoms with Gasteiger partial charge < -0.3 is 15.0 Å². The van der Waals surface area contributed by atoms with Gasteiger partial charge in [-0.2, -0.15) is 0 Å². The fraction of sp³-hybridized carbons (Fsp3) is 0.667. The summed E-state index contributed by atoms with van der Waals surface area (Å²) >= 11 is 7.51. The highest BCUT2D eigenvalue weighted by Gasteiger charge is 2.01. The van der Waals surface area contributed by atoms with Gasteiger partial charge in [-0.25, -0.2) is 0 Å². The Labute approximate surface area is 113 Å². The second kappa shape index (κ2) is 8.89. The Balaban J connectivity index is 2.09. The highest BCUT2D eigenvalue weighted by atomic mass is 35.5. The minimum atomic E-state index is 0.800. The highest BCUT2D eigenvalue weighted by Crippen LogP contribution is 2.20. The molecule has 0 fully saturated rings. The predicted molar refractivity (Wildman–Crippen MR) is 75.0 cm³/mol. The lowest BCUT2D eigenvalue weighted by Gasteiger charge is -2.19. The third-order valence-electron chi connectivity index (χ3n) is 2.59. The third-order valence-corrected chi connectivity index (χ3v) is 3.82. The second-order valence-electron chi connectivity index (χ2n) is 3.81. The van der Waals surface area contributed by atoms with Crippen LogP contribution in [0, 0.1) is 0 Å². The molecule has 0 saturated carbocycles. The van der Waals surface area contributed by atoms with E-state index in [0.29, 0.717) is 0 Å². The maximum atomic E-state index is 5.87. The topological polar surface area (TPSA) is 24.5 Å². The van der Waals surface area contributed by atoms with Gasteiger partial charge in [-0.05, 0) is 18.7 Å². The van der Waals surface area contributed by atoms with Gasteiger partial charge in [-0.1, -0.05) is 18.5 Å². The number of thiophene rings is 1. The molecule has 0 aliphatic rings. The van der Waals surface area contributed by atoms with E-state index < -0.39 is 0 Å². The number of nitrogens with one attached hydrogen (secondary N) is 1.